The monoisotopic (exact) mass is 819 g/mol. The Labute approximate surface area is 375 Å². The minimum atomic E-state index is -0.616. The van der Waals surface area contributed by atoms with E-state index in [-0.39, 0.29) is 5.41 Å². The van der Waals surface area contributed by atoms with Crippen LogP contribution in [0.25, 0.3) is 44.2 Å². The van der Waals surface area contributed by atoms with Gasteiger partial charge < -0.3 is 9.64 Å². The topological polar surface area (TPSA) is 12.5 Å². The van der Waals surface area contributed by atoms with Gasteiger partial charge in [0.25, 0.3) is 0 Å². The molecule has 0 fully saturated rings. The molecule has 1 atom stereocenters. The summed E-state index contributed by atoms with van der Waals surface area (Å²) in [5.41, 5.74) is 17.1. The van der Waals surface area contributed by atoms with Gasteiger partial charge in [0.2, 0.25) is 0 Å². The average molecular weight is 820 g/mol. The molecule has 2 aliphatic rings. The van der Waals surface area contributed by atoms with Crippen LogP contribution in [0.4, 0.5) is 17.1 Å². The first-order valence-electron chi connectivity index (χ1n) is 22.3. The van der Waals surface area contributed by atoms with Crippen LogP contribution in [0.2, 0.25) is 0 Å². The van der Waals surface area contributed by atoms with Gasteiger partial charge in [0.05, 0.1) is 11.1 Å². The third-order valence-electron chi connectivity index (χ3n) is 13.8. The molecular formula is C62H45NO. The lowest BCUT2D eigenvalue weighted by Gasteiger charge is -2.50. The fourth-order valence-corrected chi connectivity index (χ4v) is 10.9. The number of para-hydroxylation sites is 2. The number of hydrogen-bond acceptors (Lipinski definition) is 2. The Balaban J connectivity index is 1.05. The predicted molar refractivity (Wildman–Crippen MR) is 265 cm³/mol. The summed E-state index contributed by atoms with van der Waals surface area (Å²) >= 11 is 0. The largest absolute Gasteiger partial charge is 0.456 e. The van der Waals surface area contributed by atoms with Crippen molar-refractivity contribution >= 4 is 27.8 Å². The van der Waals surface area contributed by atoms with E-state index in [4.69, 9.17) is 4.74 Å². The minimum Gasteiger partial charge on any atom is -0.456 e. The number of nitrogens with zero attached hydrogens (tertiary/aromatic N) is 1. The molecule has 0 saturated carbocycles. The van der Waals surface area contributed by atoms with E-state index in [0.717, 1.165) is 33.9 Å². The van der Waals surface area contributed by atoms with Gasteiger partial charge in [-0.05, 0) is 91.9 Å². The standard InChI is InChI=1S/C62H45NO/c1-61(2)52-26-12-13-27-53(52)62(54-28-14-16-31-58(54)64-60-51-24-10-9-22-45(51)36-41-56(60)62)55-29-17-25-50(59(55)61)46-34-39-48(40-35-46)63(47-37-32-43(33-38-47)42-18-5-3-6-19-42)57-30-15-11-23-49(57)44-20-7-4-8-21-44/h3-41H,1-2H3. The molecule has 1 aliphatic carbocycles. The molecule has 10 aromatic rings. The molecule has 1 aliphatic heterocycles. The van der Waals surface area contributed by atoms with Crippen LogP contribution in [0, 0.1) is 0 Å². The molecule has 64 heavy (non-hydrogen) atoms. The van der Waals surface area contributed by atoms with Crippen molar-refractivity contribution in [3.05, 3.63) is 270 Å². The maximum atomic E-state index is 6.98. The van der Waals surface area contributed by atoms with Gasteiger partial charge in [0.1, 0.15) is 11.5 Å². The van der Waals surface area contributed by atoms with E-state index >= 15 is 0 Å². The number of benzene rings is 10. The van der Waals surface area contributed by atoms with Crippen LogP contribution in [0.3, 0.4) is 0 Å². The SMILES string of the molecule is CC1(C)c2ccccc2C2(c3ccccc3Oc3c2ccc2ccccc32)c2cccc(-c3ccc(N(c4ccc(-c5ccccc5)cc4)c4ccccc4-c4ccccc4)cc3)c21. The zero-order chi connectivity index (χ0) is 42.8. The zero-order valence-corrected chi connectivity index (χ0v) is 35.9. The summed E-state index contributed by atoms with van der Waals surface area (Å²) in [5.74, 6) is 1.83. The molecule has 0 radical (unpaired) electrons. The molecule has 1 unspecified atom stereocenters. The van der Waals surface area contributed by atoms with Crippen molar-refractivity contribution in [2.24, 2.45) is 0 Å². The predicted octanol–water partition coefficient (Wildman–Crippen LogP) is 16.4. The van der Waals surface area contributed by atoms with Crippen LogP contribution in [-0.2, 0) is 10.8 Å². The molecule has 12 rings (SSSR count). The van der Waals surface area contributed by atoms with Gasteiger partial charge in [-0.15, -0.1) is 0 Å². The number of hydrogen-bond donors (Lipinski definition) is 0. The number of anilines is 3. The third kappa shape index (κ3) is 5.72. The maximum Gasteiger partial charge on any atom is 0.140 e. The molecule has 0 aromatic heterocycles. The summed E-state index contributed by atoms with van der Waals surface area (Å²) in [4.78, 5) is 2.40. The first-order chi connectivity index (χ1) is 31.5. The van der Waals surface area contributed by atoms with Crippen molar-refractivity contribution < 1.29 is 4.74 Å². The van der Waals surface area contributed by atoms with Crippen LogP contribution in [0.1, 0.15) is 47.2 Å². The summed E-state index contributed by atoms with van der Waals surface area (Å²) in [6, 6.07) is 86.2. The van der Waals surface area contributed by atoms with Crippen molar-refractivity contribution in [2.45, 2.75) is 24.7 Å². The highest BCUT2D eigenvalue weighted by molar-refractivity contribution is 5.94. The molecular weight excluding hydrogens is 775 g/mol. The molecule has 0 saturated heterocycles. The molecule has 10 aromatic carbocycles. The summed E-state index contributed by atoms with van der Waals surface area (Å²) < 4.78 is 6.98. The first-order valence-corrected chi connectivity index (χ1v) is 22.3. The van der Waals surface area contributed by atoms with E-state index in [9.17, 15) is 0 Å². The lowest BCUT2D eigenvalue weighted by atomic mass is 9.52. The quantitative estimate of drug-likeness (QED) is 0.166. The minimum absolute atomic E-state index is 0.322. The molecule has 1 spiro atoms. The Bertz CT molecular complexity index is 3370. The fourth-order valence-electron chi connectivity index (χ4n) is 10.9. The van der Waals surface area contributed by atoms with E-state index < -0.39 is 5.41 Å². The molecule has 2 heteroatoms. The van der Waals surface area contributed by atoms with Gasteiger partial charge in [0.15, 0.2) is 0 Å². The van der Waals surface area contributed by atoms with Crippen molar-refractivity contribution in [1.29, 1.82) is 0 Å². The van der Waals surface area contributed by atoms with Gasteiger partial charge in [-0.3, -0.25) is 0 Å². The normalized spacial score (nSPS) is 15.3. The van der Waals surface area contributed by atoms with Gasteiger partial charge in [-0.2, -0.15) is 0 Å². The Morgan fingerprint density at radius 1 is 0.359 bits per heavy atom. The third-order valence-corrected chi connectivity index (χ3v) is 13.8. The average Bonchev–Trinajstić information content (AvgIpc) is 3.36. The Morgan fingerprint density at radius 2 is 0.891 bits per heavy atom. The Morgan fingerprint density at radius 3 is 1.64 bits per heavy atom. The second-order valence-corrected chi connectivity index (χ2v) is 17.6. The second-order valence-electron chi connectivity index (χ2n) is 17.6. The second kappa shape index (κ2) is 14.9. The summed E-state index contributed by atoms with van der Waals surface area (Å²) in [6.07, 6.45) is 0. The molecule has 2 nitrogen and oxygen atoms in total. The number of rotatable bonds is 6. The highest BCUT2D eigenvalue weighted by Gasteiger charge is 2.53. The van der Waals surface area contributed by atoms with E-state index in [0.29, 0.717) is 0 Å². The summed E-state index contributed by atoms with van der Waals surface area (Å²) in [5, 5.41) is 2.29. The van der Waals surface area contributed by atoms with Crippen LogP contribution in [-0.4, -0.2) is 0 Å². The van der Waals surface area contributed by atoms with Crippen LogP contribution < -0.4 is 9.64 Å². The Hall–Kier alpha value is -7.94. The van der Waals surface area contributed by atoms with Crippen LogP contribution >= 0.6 is 0 Å². The van der Waals surface area contributed by atoms with Gasteiger partial charge in [-0.1, -0.05) is 214 Å². The summed E-state index contributed by atoms with van der Waals surface area (Å²) in [7, 11) is 0. The lowest BCUT2D eigenvalue weighted by Crippen LogP contribution is -2.43. The van der Waals surface area contributed by atoms with Crippen LogP contribution in [0.15, 0.2) is 237 Å². The van der Waals surface area contributed by atoms with Gasteiger partial charge >= 0.3 is 0 Å². The molecule has 304 valence electrons. The summed E-state index contributed by atoms with van der Waals surface area (Å²) in [6.45, 7) is 4.81. The highest BCUT2D eigenvalue weighted by atomic mass is 16.5. The molecule has 0 bridgehead atoms. The highest BCUT2D eigenvalue weighted by Crippen LogP contribution is 2.63. The Kier molecular flexibility index (Phi) is 8.77. The van der Waals surface area contributed by atoms with Gasteiger partial charge in [-0.25, -0.2) is 0 Å². The van der Waals surface area contributed by atoms with Crippen molar-refractivity contribution in [3.63, 3.8) is 0 Å². The van der Waals surface area contributed by atoms with E-state index in [1.54, 1.807) is 0 Å². The molecule has 0 amide bonds. The van der Waals surface area contributed by atoms with Crippen molar-refractivity contribution in [3.8, 4) is 44.9 Å². The lowest BCUT2D eigenvalue weighted by molar-refractivity contribution is 0.430. The number of ether oxygens (including phenoxy) is 1. The van der Waals surface area contributed by atoms with E-state index in [1.165, 1.54) is 72.1 Å². The first kappa shape index (κ1) is 37.8. The van der Waals surface area contributed by atoms with E-state index in [2.05, 4.69) is 255 Å². The smallest absolute Gasteiger partial charge is 0.140 e. The van der Waals surface area contributed by atoms with Crippen LogP contribution in [0.5, 0.6) is 11.5 Å². The fraction of sp³-hybridized carbons (Fsp3) is 0.0645. The van der Waals surface area contributed by atoms with Crippen molar-refractivity contribution in [2.75, 3.05) is 4.90 Å². The van der Waals surface area contributed by atoms with E-state index in [1.807, 2.05) is 0 Å². The zero-order valence-electron chi connectivity index (χ0n) is 35.9. The van der Waals surface area contributed by atoms with Crippen molar-refractivity contribution in [1.82, 2.24) is 0 Å². The molecule has 1 heterocycles. The number of fused-ring (bicyclic) bond motifs is 10. The molecule has 0 N–H and O–H groups in total. The van der Waals surface area contributed by atoms with Gasteiger partial charge in [0, 0.05) is 38.9 Å². The maximum absolute atomic E-state index is 6.98.